The molecule has 0 bridgehead atoms. The summed E-state index contributed by atoms with van der Waals surface area (Å²) in [5.74, 6) is 1.75. The largest absolute Gasteiger partial charge is 0.148 e. The molecule has 0 aliphatic heterocycles. The summed E-state index contributed by atoms with van der Waals surface area (Å²) in [7, 11) is 0. The number of benzene rings is 1. The lowest BCUT2D eigenvalue weighted by Crippen LogP contribution is -1.86. The predicted octanol–water partition coefficient (Wildman–Crippen LogP) is 5.25. The van der Waals surface area contributed by atoms with Crippen molar-refractivity contribution < 1.29 is 0 Å². The summed E-state index contributed by atoms with van der Waals surface area (Å²) in [5.41, 5.74) is 1.53. The first-order valence-corrected chi connectivity index (χ1v) is 7.78. The molecule has 2 heteroatoms. The van der Waals surface area contributed by atoms with E-state index in [9.17, 15) is 0 Å². The highest BCUT2D eigenvalue weighted by Gasteiger charge is 2.37. The van der Waals surface area contributed by atoms with E-state index in [1.807, 2.05) is 11.3 Å². The molecule has 0 amide bonds. The van der Waals surface area contributed by atoms with Gasteiger partial charge in [-0.15, -0.1) is 11.3 Å². The molecule has 1 aromatic heterocycles. The van der Waals surface area contributed by atoms with Crippen LogP contribution in [0.25, 0.3) is 0 Å². The third kappa shape index (κ3) is 2.80. The molecule has 0 nitrogen and oxygen atoms in total. The third-order valence-electron chi connectivity index (χ3n) is 3.53. The Bertz CT molecular complexity index is 489. The molecule has 1 heterocycles. The maximum Gasteiger partial charge on any atom is 0.0285 e. The van der Waals surface area contributed by atoms with Crippen LogP contribution in [0.5, 0.6) is 0 Å². The van der Waals surface area contributed by atoms with Crippen LogP contribution in [0, 0.1) is 5.92 Å². The second-order valence-corrected chi connectivity index (χ2v) is 6.69. The first-order valence-electron chi connectivity index (χ1n) is 6.11. The molecule has 0 saturated heterocycles. The topological polar surface area (TPSA) is 0 Å². The van der Waals surface area contributed by atoms with Crippen molar-refractivity contribution in [1.29, 1.82) is 0 Å². The fourth-order valence-corrected chi connectivity index (χ4v) is 3.96. The molecule has 1 fully saturated rings. The van der Waals surface area contributed by atoms with E-state index in [1.54, 1.807) is 0 Å². The van der Waals surface area contributed by atoms with Gasteiger partial charge < -0.3 is 0 Å². The van der Waals surface area contributed by atoms with Crippen LogP contribution >= 0.6 is 27.3 Å². The minimum Gasteiger partial charge on any atom is -0.148 e. The maximum absolute atomic E-state index is 3.51. The Morgan fingerprint density at radius 3 is 2.76 bits per heavy atom. The highest BCUT2D eigenvalue weighted by molar-refractivity contribution is 9.10. The Balaban J connectivity index is 1.53. The van der Waals surface area contributed by atoms with Gasteiger partial charge in [-0.3, -0.25) is 0 Å². The summed E-state index contributed by atoms with van der Waals surface area (Å²) in [4.78, 5) is 1.51. The van der Waals surface area contributed by atoms with Crippen LogP contribution in [0.1, 0.15) is 29.2 Å². The van der Waals surface area contributed by atoms with Crippen molar-refractivity contribution in [2.24, 2.45) is 5.92 Å². The zero-order chi connectivity index (χ0) is 11.7. The van der Waals surface area contributed by atoms with Gasteiger partial charge >= 0.3 is 0 Å². The van der Waals surface area contributed by atoms with Gasteiger partial charge in [0, 0.05) is 14.7 Å². The molecule has 1 aliphatic carbocycles. The normalized spacial score (nSPS) is 22.6. The molecule has 1 unspecified atom stereocenters. The van der Waals surface area contributed by atoms with Crippen molar-refractivity contribution in [2.75, 3.05) is 0 Å². The van der Waals surface area contributed by atoms with E-state index in [1.165, 1.54) is 34.2 Å². The molecule has 88 valence electrons. The van der Waals surface area contributed by atoms with E-state index < -0.39 is 0 Å². The monoisotopic (exact) mass is 306 g/mol. The Kier molecular flexibility index (Phi) is 3.34. The van der Waals surface area contributed by atoms with Crippen molar-refractivity contribution >= 4 is 27.3 Å². The van der Waals surface area contributed by atoms with E-state index in [4.69, 9.17) is 0 Å². The minimum absolute atomic E-state index is 0.833. The van der Waals surface area contributed by atoms with Gasteiger partial charge in [0.25, 0.3) is 0 Å². The Hall–Kier alpha value is -0.600. The summed E-state index contributed by atoms with van der Waals surface area (Å²) in [5, 5.41) is 2.18. The average Bonchev–Trinajstić information content (AvgIpc) is 3.03. The SMILES string of the molecule is Brc1csc(CC[C@H]2CC2c2ccccc2)c1. The van der Waals surface area contributed by atoms with Gasteiger partial charge in [0.15, 0.2) is 0 Å². The standard InChI is InChI=1S/C15H15BrS/c16-13-9-14(17-10-13)7-6-12-8-15(12)11-4-2-1-3-5-11/h1-5,9-10,12,15H,6-8H2/t12-,15?/m0/s1. The van der Waals surface area contributed by atoms with Crippen LogP contribution in [0.3, 0.4) is 0 Å². The van der Waals surface area contributed by atoms with Gasteiger partial charge in [0.1, 0.15) is 0 Å². The second-order valence-electron chi connectivity index (χ2n) is 4.78. The van der Waals surface area contributed by atoms with E-state index in [-0.39, 0.29) is 0 Å². The molecular formula is C15H15BrS. The lowest BCUT2D eigenvalue weighted by atomic mass is 10.1. The summed E-state index contributed by atoms with van der Waals surface area (Å²) in [6, 6.07) is 13.2. The van der Waals surface area contributed by atoms with E-state index in [2.05, 4.69) is 57.7 Å². The van der Waals surface area contributed by atoms with Crippen LogP contribution in [0.4, 0.5) is 0 Å². The minimum atomic E-state index is 0.833. The molecule has 0 N–H and O–H groups in total. The predicted molar refractivity (Wildman–Crippen MR) is 77.6 cm³/mol. The van der Waals surface area contributed by atoms with E-state index >= 15 is 0 Å². The highest BCUT2D eigenvalue weighted by atomic mass is 79.9. The summed E-state index contributed by atoms with van der Waals surface area (Å²) in [6.45, 7) is 0. The smallest absolute Gasteiger partial charge is 0.0285 e. The fraction of sp³-hybridized carbons (Fsp3) is 0.333. The second kappa shape index (κ2) is 4.95. The van der Waals surface area contributed by atoms with Gasteiger partial charge in [0.2, 0.25) is 0 Å². The average molecular weight is 307 g/mol. The zero-order valence-corrected chi connectivity index (χ0v) is 12.0. The lowest BCUT2D eigenvalue weighted by molar-refractivity contribution is 0.709. The summed E-state index contributed by atoms with van der Waals surface area (Å²) >= 11 is 5.38. The van der Waals surface area contributed by atoms with Crippen LogP contribution in [-0.4, -0.2) is 0 Å². The molecule has 1 aromatic carbocycles. The number of aryl methyl sites for hydroxylation is 1. The number of hydrogen-bond donors (Lipinski definition) is 0. The lowest BCUT2D eigenvalue weighted by Gasteiger charge is -1.99. The van der Waals surface area contributed by atoms with E-state index in [0.29, 0.717) is 0 Å². The quantitative estimate of drug-likeness (QED) is 0.724. The summed E-state index contributed by atoms with van der Waals surface area (Å²) < 4.78 is 1.23. The molecule has 0 spiro atoms. The molecule has 3 rings (SSSR count). The van der Waals surface area contributed by atoms with E-state index in [0.717, 1.165) is 11.8 Å². The number of halogens is 1. The zero-order valence-electron chi connectivity index (χ0n) is 9.60. The molecule has 1 saturated carbocycles. The van der Waals surface area contributed by atoms with Crippen molar-refractivity contribution in [2.45, 2.75) is 25.2 Å². The fourth-order valence-electron chi connectivity index (χ4n) is 2.49. The molecule has 1 aliphatic rings. The summed E-state index contributed by atoms with van der Waals surface area (Å²) in [6.07, 6.45) is 3.97. The Labute approximate surface area is 115 Å². The van der Waals surface area contributed by atoms with Crippen molar-refractivity contribution in [3.05, 3.63) is 56.7 Å². The number of rotatable bonds is 4. The Morgan fingerprint density at radius 1 is 1.24 bits per heavy atom. The molecule has 17 heavy (non-hydrogen) atoms. The Morgan fingerprint density at radius 2 is 2.06 bits per heavy atom. The molecular weight excluding hydrogens is 292 g/mol. The molecule has 0 radical (unpaired) electrons. The first kappa shape index (κ1) is 11.5. The van der Waals surface area contributed by atoms with Crippen LogP contribution in [0.15, 0.2) is 46.3 Å². The maximum atomic E-state index is 3.51. The van der Waals surface area contributed by atoms with Crippen molar-refractivity contribution in [1.82, 2.24) is 0 Å². The van der Waals surface area contributed by atoms with Gasteiger partial charge in [0.05, 0.1) is 0 Å². The number of thiophene rings is 1. The van der Waals surface area contributed by atoms with Gasteiger partial charge in [-0.1, -0.05) is 30.3 Å². The third-order valence-corrected chi connectivity index (χ3v) is 5.29. The highest BCUT2D eigenvalue weighted by Crippen LogP contribution is 2.50. The van der Waals surface area contributed by atoms with Crippen LogP contribution < -0.4 is 0 Å². The first-order chi connectivity index (χ1) is 8.33. The molecule has 2 atom stereocenters. The van der Waals surface area contributed by atoms with Crippen LogP contribution in [-0.2, 0) is 6.42 Å². The molecule has 2 aromatic rings. The van der Waals surface area contributed by atoms with Gasteiger partial charge in [-0.05, 0) is 58.7 Å². The van der Waals surface area contributed by atoms with Gasteiger partial charge in [-0.2, -0.15) is 0 Å². The number of hydrogen-bond acceptors (Lipinski definition) is 1. The van der Waals surface area contributed by atoms with Crippen LogP contribution in [0.2, 0.25) is 0 Å². The van der Waals surface area contributed by atoms with Gasteiger partial charge in [-0.25, -0.2) is 0 Å². The van der Waals surface area contributed by atoms with Crippen molar-refractivity contribution in [3.63, 3.8) is 0 Å². The van der Waals surface area contributed by atoms with Crippen molar-refractivity contribution in [3.8, 4) is 0 Å².